The predicted octanol–water partition coefficient (Wildman–Crippen LogP) is 2.10. The maximum absolute atomic E-state index is 9.21. The van der Waals surface area contributed by atoms with Crippen molar-refractivity contribution in [3.63, 3.8) is 0 Å². The van der Waals surface area contributed by atoms with Gasteiger partial charge in [-0.2, -0.15) is 0 Å². The van der Waals surface area contributed by atoms with E-state index in [0.29, 0.717) is 11.5 Å². The molecule has 3 heteroatoms. The van der Waals surface area contributed by atoms with Crippen LogP contribution in [0.2, 0.25) is 0 Å². The van der Waals surface area contributed by atoms with Crippen LogP contribution in [0.3, 0.4) is 0 Å². The number of nitrogens with one attached hydrogen (secondary N) is 1. The molecule has 0 amide bonds. The Balaban J connectivity index is 2.65. The minimum Gasteiger partial charge on any atom is -0.395 e. The van der Waals surface area contributed by atoms with Crippen molar-refractivity contribution in [1.82, 2.24) is 10.2 Å². The Morgan fingerprint density at radius 3 is 2.39 bits per heavy atom. The van der Waals surface area contributed by atoms with Crippen LogP contribution in [0.1, 0.15) is 46.5 Å². The summed E-state index contributed by atoms with van der Waals surface area (Å²) in [6, 6.07) is 0.519. The predicted molar refractivity (Wildman–Crippen MR) is 77.8 cm³/mol. The first-order chi connectivity index (χ1) is 8.53. The van der Waals surface area contributed by atoms with E-state index in [-0.39, 0.29) is 6.61 Å². The van der Waals surface area contributed by atoms with Crippen molar-refractivity contribution in [2.75, 3.05) is 33.3 Å². The van der Waals surface area contributed by atoms with E-state index in [1.165, 1.54) is 25.7 Å². The maximum Gasteiger partial charge on any atom is 0.0558 e. The number of hydrogen-bond donors (Lipinski definition) is 2. The summed E-state index contributed by atoms with van der Waals surface area (Å²) in [7, 11) is 2.06. The Labute approximate surface area is 113 Å². The molecule has 1 rings (SSSR count). The lowest BCUT2D eigenvalue weighted by atomic mass is 9.70. The van der Waals surface area contributed by atoms with Crippen molar-refractivity contribution in [2.24, 2.45) is 11.3 Å². The molecule has 0 radical (unpaired) electrons. The largest absolute Gasteiger partial charge is 0.395 e. The van der Waals surface area contributed by atoms with Gasteiger partial charge in [-0.05, 0) is 45.1 Å². The lowest BCUT2D eigenvalue weighted by molar-refractivity contribution is 0.0610. The van der Waals surface area contributed by atoms with Gasteiger partial charge in [0.15, 0.2) is 0 Å². The van der Waals surface area contributed by atoms with Crippen LogP contribution in [0.4, 0.5) is 0 Å². The van der Waals surface area contributed by atoms with Gasteiger partial charge in [0.1, 0.15) is 0 Å². The highest BCUT2D eigenvalue weighted by atomic mass is 16.3. The van der Waals surface area contributed by atoms with Crippen molar-refractivity contribution in [2.45, 2.75) is 52.5 Å². The van der Waals surface area contributed by atoms with E-state index in [0.717, 1.165) is 25.6 Å². The van der Waals surface area contributed by atoms with Gasteiger partial charge < -0.3 is 10.4 Å². The van der Waals surface area contributed by atoms with E-state index in [1.807, 2.05) is 0 Å². The third-order valence-electron chi connectivity index (χ3n) is 4.54. The first-order valence-corrected chi connectivity index (χ1v) is 7.52. The number of rotatable bonds is 7. The highest BCUT2D eigenvalue weighted by Crippen LogP contribution is 2.39. The van der Waals surface area contributed by atoms with E-state index in [4.69, 9.17) is 0 Å². The van der Waals surface area contributed by atoms with Crippen molar-refractivity contribution in [3.05, 3.63) is 0 Å². The lowest BCUT2D eigenvalue weighted by Crippen LogP contribution is -2.48. The average molecular weight is 256 g/mol. The fourth-order valence-electron chi connectivity index (χ4n) is 3.22. The van der Waals surface area contributed by atoms with E-state index in [9.17, 15) is 5.11 Å². The molecule has 0 saturated heterocycles. The summed E-state index contributed by atoms with van der Waals surface area (Å²) in [5, 5.41) is 12.6. The van der Waals surface area contributed by atoms with Gasteiger partial charge in [0, 0.05) is 25.7 Å². The van der Waals surface area contributed by atoms with Crippen LogP contribution in [-0.2, 0) is 0 Å². The van der Waals surface area contributed by atoms with Gasteiger partial charge in [-0.25, -0.2) is 0 Å². The van der Waals surface area contributed by atoms with Crippen LogP contribution in [0.5, 0.6) is 0 Å². The minimum atomic E-state index is 0.268. The second-order valence-corrected chi connectivity index (χ2v) is 6.50. The normalized spacial score (nSPS) is 29.2. The fourth-order valence-corrected chi connectivity index (χ4v) is 3.22. The Bertz CT molecular complexity index is 223. The van der Waals surface area contributed by atoms with Gasteiger partial charge in [0.25, 0.3) is 0 Å². The van der Waals surface area contributed by atoms with Gasteiger partial charge in [0.2, 0.25) is 0 Å². The molecule has 0 aromatic carbocycles. The lowest BCUT2D eigenvalue weighted by Gasteiger charge is -2.44. The van der Waals surface area contributed by atoms with Gasteiger partial charge in [-0.1, -0.05) is 19.8 Å². The van der Waals surface area contributed by atoms with Gasteiger partial charge in [-0.15, -0.1) is 0 Å². The molecule has 108 valence electrons. The first-order valence-electron chi connectivity index (χ1n) is 7.52. The molecule has 1 fully saturated rings. The Hall–Kier alpha value is -0.120. The van der Waals surface area contributed by atoms with Crippen LogP contribution in [0, 0.1) is 11.3 Å². The smallest absolute Gasteiger partial charge is 0.0558 e. The van der Waals surface area contributed by atoms with Crippen molar-refractivity contribution in [1.29, 1.82) is 0 Å². The quantitative estimate of drug-likeness (QED) is 0.732. The third kappa shape index (κ3) is 4.52. The summed E-state index contributed by atoms with van der Waals surface area (Å²) < 4.78 is 0. The van der Waals surface area contributed by atoms with Crippen LogP contribution in [0.25, 0.3) is 0 Å². The SMILES string of the molecule is CNCC1(CN(CCO)C(C)C)CCC(C)CC1. The Morgan fingerprint density at radius 1 is 1.33 bits per heavy atom. The second-order valence-electron chi connectivity index (χ2n) is 6.50. The first kappa shape index (κ1) is 15.9. The van der Waals surface area contributed by atoms with Crippen molar-refractivity contribution >= 4 is 0 Å². The molecule has 0 unspecified atom stereocenters. The van der Waals surface area contributed by atoms with E-state index < -0.39 is 0 Å². The zero-order chi connectivity index (χ0) is 13.6. The molecule has 18 heavy (non-hydrogen) atoms. The number of nitrogens with zero attached hydrogens (tertiary/aromatic N) is 1. The summed E-state index contributed by atoms with van der Waals surface area (Å²) in [4.78, 5) is 2.44. The fraction of sp³-hybridized carbons (Fsp3) is 1.00. The Kier molecular flexibility index (Phi) is 6.61. The summed E-state index contributed by atoms with van der Waals surface area (Å²) >= 11 is 0. The summed E-state index contributed by atoms with van der Waals surface area (Å²) in [6.45, 7) is 10.1. The molecule has 1 aliphatic carbocycles. The number of hydrogen-bond acceptors (Lipinski definition) is 3. The molecule has 0 bridgehead atoms. The molecule has 0 heterocycles. The molecular weight excluding hydrogens is 224 g/mol. The summed E-state index contributed by atoms with van der Waals surface area (Å²) in [5.41, 5.74) is 0.417. The Morgan fingerprint density at radius 2 is 1.94 bits per heavy atom. The van der Waals surface area contributed by atoms with Crippen molar-refractivity contribution < 1.29 is 5.11 Å². The zero-order valence-electron chi connectivity index (χ0n) is 12.7. The monoisotopic (exact) mass is 256 g/mol. The van der Waals surface area contributed by atoms with Crippen LogP contribution in [-0.4, -0.2) is 49.3 Å². The molecule has 0 aliphatic heterocycles. The van der Waals surface area contributed by atoms with Gasteiger partial charge in [-0.3, -0.25) is 4.90 Å². The summed E-state index contributed by atoms with van der Waals surface area (Å²) in [6.07, 6.45) is 5.35. The molecular formula is C15H32N2O. The zero-order valence-corrected chi connectivity index (χ0v) is 12.7. The highest BCUT2D eigenvalue weighted by Gasteiger charge is 2.35. The molecule has 0 aromatic heterocycles. The van der Waals surface area contributed by atoms with Gasteiger partial charge in [0.05, 0.1) is 6.61 Å². The molecule has 0 aromatic rings. The van der Waals surface area contributed by atoms with Crippen LogP contribution < -0.4 is 5.32 Å². The maximum atomic E-state index is 9.21. The average Bonchev–Trinajstić information content (AvgIpc) is 2.33. The molecule has 3 nitrogen and oxygen atoms in total. The van der Waals surface area contributed by atoms with E-state index in [2.05, 4.69) is 38.0 Å². The molecule has 1 aliphatic rings. The van der Waals surface area contributed by atoms with Crippen LogP contribution >= 0.6 is 0 Å². The third-order valence-corrected chi connectivity index (χ3v) is 4.54. The summed E-state index contributed by atoms with van der Waals surface area (Å²) in [5.74, 6) is 0.889. The van der Waals surface area contributed by atoms with E-state index in [1.54, 1.807) is 0 Å². The standard InChI is InChI=1S/C15H32N2O/c1-13(2)17(9-10-18)12-15(11-16-4)7-5-14(3)6-8-15/h13-14,16,18H,5-12H2,1-4H3. The molecule has 1 saturated carbocycles. The van der Waals surface area contributed by atoms with Crippen LogP contribution in [0.15, 0.2) is 0 Å². The van der Waals surface area contributed by atoms with Gasteiger partial charge >= 0.3 is 0 Å². The minimum absolute atomic E-state index is 0.268. The molecule has 0 atom stereocenters. The van der Waals surface area contributed by atoms with Crippen molar-refractivity contribution in [3.8, 4) is 0 Å². The molecule has 0 spiro atoms. The number of aliphatic hydroxyl groups excluding tert-OH is 1. The topological polar surface area (TPSA) is 35.5 Å². The van der Waals surface area contributed by atoms with E-state index >= 15 is 0 Å². The second kappa shape index (κ2) is 7.46. The highest BCUT2D eigenvalue weighted by molar-refractivity contribution is 4.89. The molecule has 2 N–H and O–H groups in total. The number of aliphatic hydroxyl groups is 1.